The lowest BCUT2D eigenvalue weighted by molar-refractivity contribution is -0.146. The summed E-state index contributed by atoms with van der Waals surface area (Å²) in [6.07, 6.45) is -5.18. The molecule has 4 N–H and O–H groups in total. The monoisotopic (exact) mass is 562 g/mol. The molecule has 0 amide bonds. The van der Waals surface area contributed by atoms with Gasteiger partial charge in [-0.3, -0.25) is 19.1 Å². The standard InChI is InChI=1S/C24H27N4O10P/c1-15(23(32)35-13-16-8-4-2-5-9-16)27-39(34,38-17-10-6-3-7-11-17)36-14-18-20(30)21(31)22(37-18)28-24(33)26-19(29)12-25-28/h2-12,15,18,20-22,30-31H,13-14H2,1H3,(H,27,34)(H,26,29,33)/t15-,18+,20?,21-,22+,39?/m0/s1. The van der Waals surface area contributed by atoms with Gasteiger partial charge in [0.15, 0.2) is 6.23 Å². The molecule has 0 radical (unpaired) electrons. The highest BCUT2D eigenvalue weighted by Crippen LogP contribution is 2.46. The molecule has 39 heavy (non-hydrogen) atoms. The van der Waals surface area contributed by atoms with Crippen LogP contribution in [-0.2, 0) is 30.0 Å². The summed E-state index contributed by atoms with van der Waals surface area (Å²) in [5.74, 6) is -0.566. The van der Waals surface area contributed by atoms with Crippen LogP contribution in [0, 0.1) is 0 Å². The van der Waals surface area contributed by atoms with E-state index < -0.39 is 62.2 Å². The molecule has 2 aromatic carbocycles. The first-order chi connectivity index (χ1) is 18.6. The number of aliphatic hydroxyl groups is 2. The van der Waals surface area contributed by atoms with E-state index in [1.54, 1.807) is 42.5 Å². The number of nitrogens with zero attached hydrogens (tertiary/aromatic N) is 2. The number of hydrogen-bond donors (Lipinski definition) is 4. The molecule has 15 heteroatoms. The second-order valence-corrected chi connectivity index (χ2v) is 10.3. The Balaban J connectivity index is 1.45. The molecule has 1 fully saturated rings. The number of hydrogen-bond acceptors (Lipinski definition) is 11. The van der Waals surface area contributed by atoms with Crippen molar-refractivity contribution in [2.24, 2.45) is 0 Å². The first-order valence-corrected chi connectivity index (χ1v) is 13.4. The van der Waals surface area contributed by atoms with Crippen LogP contribution >= 0.6 is 7.75 Å². The minimum absolute atomic E-state index is 0.00403. The third-order valence-corrected chi connectivity index (χ3v) is 7.27. The van der Waals surface area contributed by atoms with Crippen LogP contribution in [0.1, 0.15) is 18.7 Å². The van der Waals surface area contributed by atoms with Gasteiger partial charge in [0.1, 0.15) is 42.9 Å². The number of aliphatic hydroxyl groups excluding tert-OH is 2. The van der Waals surface area contributed by atoms with Crippen LogP contribution in [0.2, 0.25) is 0 Å². The summed E-state index contributed by atoms with van der Waals surface area (Å²) in [6.45, 7) is 0.818. The number of rotatable bonds is 11. The maximum Gasteiger partial charge on any atom is 0.459 e. The number of para-hydroxylation sites is 1. The number of carbonyl (C=O) groups excluding carboxylic acids is 1. The van der Waals surface area contributed by atoms with Crippen LogP contribution in [-0.4, -0.2) is 61.9 Å². The third kappa shape index (κ3) is 7.26. The number of nitrogens with one attached hydrogen (secondary N) is 2. The van der Waals surface area contributed by atoms with Gasteiger partial charge >= 0.3 is 19.4 Å². The van der Waals surface area contributed by atoms with Crippen molar-refractivity contribution < 1.29 is 38.1 Å². The summed E-state index contributed by atoms with van der Waals surface area (Å²) >= 11 is 0. The van der Waals surface area contributed by atoms with E-state index >= 15 is 0 Å². The first kappa shape index (κ1) is 28.4. The number of esters is 1. The minimum Gasteiger partial charge on any atom is -0.460 e. The van der Waals surface area contributed by atoms with E-state index in [2.05, 4.69) is 10.2 Å². The Bertz CT molecular complexity index is 1420. The maximum atomic E-state index is 13.7. The topological polar surface area (TPSA) is 191 Å². The van der Waals surface area contributed by atoms with Crippen molar-refractivity contribution in [2.45, 2.75) is 44.1 Å². The molecular formula is C24H27N4O10P. The highest BCUT2D eigenvalue weighted by atomic mass is 31.2. The lowest BCUT2D eigenvalue weighted by atomic mass is 10.1. The van der Waals surface area contributed by atoms with E-state index in [9.17, 15) is 29.2 Å². The molecule has 1 aliphatic rings. The smallest absolute Gasteiger partial charge is 0.459 e. The van der Waals surface area contributed by atoms with Crippen LogP contribution in [0.3, 0.4) is 0 Å². The van der Waals surface area contributed by atoms with Crippen molar-refractivity contribution in [1.29, 1.82) is 0 Å². The number of carbonyl (C=O) groups is 1. The van der Waals surface area contributed by atoms with Gasteiger partial charge in [0.05, 0.1) is 6.61 Å². The number of H-pyrrole nitrogens is 1. The lowest BCUT2D eigenvalue weighted by Gasteiger charge is -2.24. The van der Waals surface area contributed by atoms with Gasteiger partial charge in [-0.2, -0.15) is 14.9 Å². The van der Waals surface area contributed by atoms with Crippen molar-refractivity contribution in [2.75, 3.05) is 6.61 Å². The summed E-state index contributed by atoms with van der Waals surface area (Å²) in [5.41, 5.74) is -0.969. The second kappa shape index (κ2) is 12.5. The van der Waals surface area contributed by atoms with Crippen LogP contribution in [0.15, 0.2) is 76.4 Å². The van der Waals surface area contributed by atoms with Gasteiger partial charge in [0.2, 0.25) is 0 Å². The molecule has 208 valence electrons. The highest BCUT2D eigenvalue weighted by Gasteiger charge is 2.46. The number of ether oxygens (including phenoxy) is 2. The van der Waals surface area contributed by atoms with Gasteiger partial charge in [-0.1, -0.05) is 48.5 Å². The van der Waals surface area contributed by atoms with Crippen LogP contribution < -0.4 is 20.9 Å². The predicted octanol–water partition coefficient (Wildman–Crippen LogP) is 0.476. The number of aromatic nitrogens is 3. The molecule has 2 unspecified atom stereocenters. The molecule has 3 aromatic rings. The van der Waals surface area contributed by atoms with E-state index in [1.807, 2.05) is 11.1 Å². The summed E-state index contributed by atoms with van der Waals surface area (Å²) in [6, 6.07) is 15.9. The molecule has 0 spiro atoms. The highest BCUT2D eigenvalue weighted by molar-refractivity contribution is 7.52. The van der Waals surface area contributed by atoms with E-state index in [1.165, 1.54) is 19.1 Å². The Morgan fingerprint density at radius 3 is 2.46 bits per heavy atom. The van der Waals surface area contributed by atoms with E-state index in [4.69, 9.17) is 18.5 Å². The maximum absolute atomic E-state index is 13.7. The predicted molar refractivity (Wildman–Crippen MR) is 135 cm³/mol. The summed E-state index contributed by atoms with van der Waals surface area (Å²) in [4.78, 5) is 37.9. The fourth-order valence-electron chi connectivity index (χ4n) is 3.64. The van der Waals surface area contributed by atoms with Crippen molar-refractivity contribution in [3.63, 3.8) is 0 Å². The molecule has 0 aliphatic carbocycles. The summed E-state index contributed by atoms with van der Waals surface area (Å²) in [5, 5.41) is 27.0. The average molecular weight is 562 g/mol. The van der Waals surface area contributed by atoms with Gasteiger partial charge < -0.3 is 24.2 Å². The summed E-state index contributed by atoms with van der Waals surface area (Å²) < 4.78 is 36.2. The lowest BCUT2D eigenvalue weighted by Crippen LogP contribution is -2.39. The number of aromatic amines is 1. The van der Waals surface area contributed by atoms with Crippen LogP contribution in [0.4, 0.5) is 0 Å². The second-order valence-electron chi connectivity index (χ2n) is 8.57. The molecule has 0 bridgehead atoms. The van der Waals surface area contributed by atoms with Gasteiger partial charge in [0, 0.05) is 0 Å². The fourth-order valence-corrected chi connectivity index (χ4v) is 5.14. The molecule has 14 nitrogen and oxygen atoms in total. The zero-order chi connectivity index (χ0) is 28.0. The Morgan fingerprint density at radius 2 is 1.79 bits per heavy atom. The Labute approximate surface area is 221 Å². The van der Waals surface area contributed by atoms with Crippen molar-refractivity contribution in [3.8, 4) is 5.75 Å². The molecule has 2 heterocycles. The SMILES string of the molecule is C[C@H](NP(=O)(OC[C@H]1O[C@@H](n2ncc(=O)[nH]c2=O)[C@@H](O)C1O)Oc1ccccc1)C(=O)OCc1ccccc1. The average Bonchev–Trinajstić information content (AvgIpc) is 3.20. The van der Waals surface area contributed by atoms with Gasteiger partial charge in [-0.05, 0) is 24.6 Å². The molecule has 0 saturated carbocycles. The largest absolute Gasteiger partial charge is 0.460 e. The van der Waals surface area contributed by atoms with E-state index in [0.717, 1.165) is 11.8 Å². The van der Waals surface area contributed by atoms with Crippen molar-refractivity contribution >= 4 is 13.7 Å². The normalized spacial score (nSPS) is 23.1. The van der Waals surface area contributed by atoms with Gasteiger partial charge in [-0.15, -0.1) is 0 Å². The van der Waals surface area contributed by atoms with Crippen molar-refractivity contribution in [3.05, 3.63) is 93.3 Å². The molecule has 1 aromatic heterocycles. The Hall–Kier alpha value is -3.65. The van der Waals surface area contributed by atoms with E-state index in [0.29, 0.717) is 4.68 Å². The Kier molecular flexibility index (Phi) is 9.07. The third-order valence-electron chi connectivity index (χ3n) is 5.62. The minimum atomic E-state index is -4.31. The zero-order valence-corrected chi connectivity index (χ0v) is 21.5. The fraction of sp³-hybridized carbons (Fsp3) is 0.333. The molecule has 1 aliphatic heterocycles. The van der Waals surface area contributed by atoms with Crippen LogP contribution in [0.5, 0.6) is 5.75 Å². The van der Waals surface area contributed by atoms with Gasteiger partial charge in [-0.25, -0.2) is 9.36 Å². The molecule has 1 saturated heterocycles. The molecule has 6 atom stereocenters. The number of benzene rings is 2. The zero-order valence-electron chi connectivity index (χ0n) is 20.7. The quantitative estimate of drug-likeness (QED) is 0.187. The van der Waals surface area contributed by atoms with E-state index in [-0.39, 0.29) is 12.4 Å². The van der Waals surface area contributed by atoms with Crippen LogP contribution in [0.25, 0.3) is 0 Å². The Morgan fingerprint density at radius 1 is 1.13 bits per heavy atom. The van der Waals surface area contributed by atoms with Crippen molar-refractivity contribution in [1.82, 2.24) is 19.9 Å². The summed E-state index contributed by atoms with van der Waals surface area (Å²) in [7, 11) is -4.31. The molecular weight excluding hydrogens is 535 g/mol. The van der Waals surface area contributed by atoms with Gasteiger partial charge in [0.25, 0.3) is 5.56 Å². The molecule has 4 rings (SSSR count). The first-order valence-electron chi connectivity index (χ1n) is 11.8.